The Morgan fingerprint density at radius 1 is 1.24 bits per heavy atom. The predicted octanol–water partition coefficient (Wildman–Crippen LogP) is 2.90. The third kappa shape index (κ3) is 4.49. The molecule has 1 fully saturated rings. The van der Waals surface area contributed by atoms with Gasteiger partial charge < -0.3 is 15.5 Å². The molecule has 3 aromatic rings. The minimum atomic E-state index is -0.455. The quantitative estimate of drug-likeness (QED) is 0.702. The number of nitrogens with two attached hydrogens (primary N) is 1. The van der Waals surface area contributed by atoms with Crippen LogP contribution in [0.5, 0.6) is 0 Å². The first kappa shape index (κ1) is 19.6. The summed E-state index contributed by atoms with van der Waals surface area (Å²) in [5.74, 6) is 0.303. The van der Waals surface area contributed by atoms with Gasteiger partial charge in [-0.15, -0.1) is 0 Å². The number of fused-ring (bicyclic) bond motifs is 1. The minimum absolute atomic E-state index is 0.452. The lowest BCUT2D eigenvalue weighted by molar-refractivity contribution is 0.100. The van der Waals surface area contributed by atoms with Crippen LogP contribution >= 0.6 is 0 Å². The van der Waals surface area contributed by atoms with E-state index in [0.29, 0.717) is 11.1 Å². The molecule has 1 aliphatic rings. The van der Waals surface area contributed by atoms with Gasteiger partial charge in [-0.2, -0.15) is 5.10 Å². The number of hydrogen-bond donors (Lipinski definition) is 1. The topological polar surface area (TPSA) is 67.4 Å². The van der Waals surface area contributed by atoms with Gasteiger partial charge in [0.15, 0.2) is 0 Å². The second kappa shape index (κ2) is 8.35. The molecule has 6 heteroatoms. The highest BCUT2D eigenvalue weighted by Crippen LogP contribution is 2.20. The Bertz CT molecular complexity index is 994. The molecule has 1 amide bonds. The maximum Gasteiger partial charge on any atom is 0.250 e. The fraction of sp³-hybridized carbons (Fsp3) is 0.391. The second-order valence-corrected chi connectivity index (χ2v) is 8.32. The van der Waals surface area contributed by atoms with Crippen molar-refractivity contribution in [3.63, 3.8) is 0 Å². The van der Waals surface area contributed by atoms with Crippen LogP contribution in [0.3, 0.4) is 0 Å². The molecule has 152 valence electrons. The summed E-state index contributed by atoms with van der Waals surface area (Å²) in [6.07, 6.45) is 4.57. The normalized spacial score (nSPS) is 17.8. The average Bonchev–Trinajstić information content (AvgIpc) is 3.12. The molecule has 0 saturated carbocycles. The lowest BCUT2D eigenvalue weighted by atomic mass is 9.98. The van der Waals surface area contributed by atoms with Gasteiger partial charge in [-0.25, -0.2) is 4.68 Å². The van der Waals surface area contributed by atoms with Gasteiger partial charge in [-0.05, 0) is 63.2 Å². The van der Waals surface area contributed by atoms with E-state index in [0.717, 1.165) is 30.1 Å². The molecule has 2 aromatic carbocycles. The number of benzene rings is 2. The summed E-state index contributed by atoms with van der Waals surface area (Å²) in [6, 6.07) is 13.9. The van der Waals surface area contributed by atoms with Crippen molar-refractivity contribution in [2.24, 2.45) is 11.7 Å². The maximum absolute atomic E-state index is 11.6. The molecule has 2 heterocycles. The van der Waals surface area contributed by atoms with Crippen molar-refractivity contribution in [3.8, 4) is 5.69 Å². The lowest BCUT2D eigenvalue weighted by Gasteiger charge is -2.32. The molecule has 1 aliphatic heterocycles. The van der Waals surface area contributed by atoms with E-state index in [2.05, 4.69) is 53.3 Å². The molecule has 0 radical (unpaired) electrons. The monoisotopic (exact) mass is 391 g/mol. The highest BCUT2D eigenvalue weighted by molar-refractivity contribution is 6.04. The molecule has 4 rings (SSSR count). The highest BCUT2D eigenvalue weighted by Gasteiger charge is 2.18. The Kier molecular flexibility index (Phi) is 5.65. The van der Waals surface area contributed by atoms with Crippen LogP contribution in [0.1, 0.15) is 28.8 Å². The smallest absolute Gasteiger partial charge is 0.250 e. The Labute approximate surface area is 171 Å². The Hall–Kier alpha value is -2.70. The Balaban J connectivity index is 1.44. The lowest BCUT2D eigenvalue weighted by Crippen LogP contribution is -2.37. The van der Waals surface area contributed by atoms with Crippen molar-refractivity contribution in [1.29, 1.82) is 0 Å². The molecule has 1 aromatic heterocycles. The minimum Gasteiger partial charge on any atom is -0.366 e. The summed E-state index contributed by atoms with van der Waals surface area (Å²) in [5.41, 5.74) is 8.82. The van der Waals surface area contributed by atoms with Gasteiger partial charge >= 0.3 is 0 Å². The molecule has 1 unspecified atom stereocenters. The summed E-state index contributed by atoms with van der Waals surface area (Å²) < 4.78 is 1.81. The van der Waals surface area contributed by atoms with Crippen LogP contribution in [0.25, 0.3) is 16.6 Å². The first-order valence-electron chi connectivity index (χ1n) is 10.2. The molecule has 29 heavy (non-hydrogen) atoms. The first-order valence-corrected chi connectivity index (χ1v) is 10.2. The number of rotatable bonds is 6. The van der Waals surface area contributed by atoms with Crippen molar-refractivity contribution in [2.75, 3.05) is 33.7 Å². The largest absolute Gasteiger partial charge is 0.366 e. The number of nitrogens with zero attached hydrogens (tertiary/aromatic N) is 4. The van der Waals surface area contributed by atoms with Crippen LogP contribution < -0.4 is 5.73 Å². The summed E-state index contributed by atoms with van der Waals surface area (Å²) in [4.78, 5) is 16.5. The molecule has 6 nitrogen and oxygen atoms in total. The fourth-order valence-corrected chi connectivity index (χ4v) is 4.37. The van der Waals surface area contributed by atoms with Crippen LogP contribution in [0.4, 0.5) is 0 Å². The standard InChI is InChI=1S/C23H29N5O/c1-26-12-4-5-18(14-26)15-27(2)13-17-8-10-20(11-9-17)28-16-19-6-3-7-21(23(24)29)22(19)25-28/h3,6-11,16,18H,4-5,12-15H2,1-2H3,(H2,24,29). The van der Waals surface area contributed by atoms with Crippen LogP contribution in [0.2, 0.25) is 0 Å². The molecule has 0 spiro atoms. The van der Waals surface area contributed by atoms with E-state index >= 15 is 0 Å². The average molecular weight is 392 g/mol. The van der Waals surface area contributed by atoms with Gasteiger partial charge in [0.05, 0.1) is 11.3 Å². The van der Waals surface area contributed by atoms with Crippen molar-refractivity contribution in [3.05, 3.63) is 59.8 Å². The van der Waals surface area contributed by atoms with Crippen molar-refractivity contribution >= 4 is 16.8 Å². The number of carbonyl (C=O) groups is 1. The van der Waals surface area contributed by atoms with Crippen LogP contribution in [-0.4, -0.2) is 59.2 Å². The van der Waals surface area contributed by atoms with Gasteiger partial charge in [0, 0.05) is 31.2 Å². The van der Waals surface area contributed by atoms with E-state index in [9.17, 15) is 4.79 Å². The molecule has 1 saturated heterocycles. The van der Waals surface area contributed by atoms with E-state index < -0.39 is 5.91 Å². The molecule has 0 aliphatic carbocycles. The first-order chi connectivity index (χ1) is 14.0. The molecular formula is C23H29N5O. The fourth-order valence-electron chi connectivity index (χ4n) is 4.37. The number of carbonyl (C=O) groups excluding carboxylic acids is 1. The highest BCUT2D eigenvalue weighted by atomic mass is 16.1. The Morgan fingerprint density at radius 2 is 2.03 bits per heavy atom. The molecule has 0 bridgehead atoms. The zero-order chi connectivity index (χ0) is 20.4. The summed E-state index contributed by atoms with van der Waals surface area (Å²) in [5, 5.41) is 5.49. The van der Waals surface area contributed by atoms with Gasteiger partial charge in [-0.3, -0.25) is 4.79 Å². The van der Waals surface area contributed by atoms with Gasteiger partial charge in [0.25, 0.3) is 5.91 Å². The number of amides is 1. The zero-order valence-electron chi connectivity index (χ0n) is 17.2. The number of likely N-dealkylation sites (tertiary alicyclic amines) is 1. The molecule has 2 N–H and O–H groups in total. The SMILES string of the molecule is CN1CCCC(CN(C)Cc2ccc(-n3cc4cccc(C(N)=O)c4n3)cc2)C1. The third-order valence-corrected chi connectivity index (χ3v) is 5.75. The van der Waals surface area contributed by atoms with Crippen molar-refractivity contribution < 1.29 is 4.79 Å². The van der Waals surface area contributed by atoms with Gasteiger partial charge in [0.1, 0.15) is 5.52 Å². The van der Waals surface area contributed by atoms with E-state index in [-0.39, 0.29) is 0 Å². The summed E-state index contributed by atoms with van der Waals surface area (Å²) in [6.45, 7) is 4.49. The molecular weight excluding hydrogens is 362 g/mol. The van der Waals surface area contributed by atoms with E-state index in [1.165, 1.54) is 31.5 Å². The van der Waals surface area contributed by atoms with Crippen molar-refractivity contribution in [2.45, 2.75) is 19.4 Å². The summed E-state index contributed by atoms with van der Waals surface area (Å²) >= 11 is 0. The van der Waals surface area contributed by atoms with E-state index in [1.54, 1.807) is 6.07 Å². The number of primary amides is 1. The zero-order valence-corrected chi connectivity index (χ0v) is 17.2. The summed E-state index contributed by atoms with van der Waals surface area (Å²) in [7, 11) is 4.42. The van der Waals surface area contributed by atoms with E-state index in [4.69, 9.17) is 5.73 Å². The number of piperidine rings is 1. The van der Waals surface area contributed by atoms with Crippen LogP contribution in [0.15, 0.2) is 48.7 Å². The van der Waals surface area contributed by atoms with Gasteiger partial charge in [0.2, 0.25) is 0 Å². The van der Waals surface area contributed by atoms with Gasteiger partial charge in [-0.1, -0.05) is 24.3 Å². The van der Waals surface area contributed by atoms with E-state index in [1.807, 2.05) is 23.0 Å². The molecule has 1 atom stereocenters. The van der Waals surface area contributed by atoms with Crippen LogP contribution in [-0.2, 0) is 6.54 Å². The van der Waals surface area contributed by atoms with Crippen LogP contribution in [0, 0.1) is 5.92 Å². The second-order valence-electron chi connectivity index (χ2n) is 8.32. The predicted molar refractivity (Wildman–Crippen MR) is 116 cm³/mol. The number of hydrogen-bond acceptors (Lipinski definition) is 4. The Morgan fingerprint density at radius 3 is 2.76 bits per heavy atom. The third-order valence-electron chi connectivity index (χ3n) is 5.75. The maximum atomic E-state index is 11.6. The van der Waals surface area contributed by atoms with Crippen molar-refractivity contribution in [1.82, 2.24) is 19.6 Å². The number of aromatic nitrogens is 2.